The summed E-state index contributed by atoms with van der Waals surface area (Å²) in [5.74, 6) is 1.32. The fourth-order valence-corrected chi connectivity index (χ4v) is 3.30. The van der Waals surface area contributed by atoms with Crippen LogP contribution in [0.15, 0.2) is 24.3 Å². The van der Waals surface area contributed by atoms with Gasteiger partial charge in [0.15, 0.2) is 0 Å². The number of benzene rings is 1. The lowest BCUT2D eigenvalue weighted by molar-refractivity contribution is 0.116. The van der Waals surface area contributed by atoms with Crippen molar-refractivity contribution in [2.24, 2.45) is 5.92 Å². The van der Waals surface area contributed by atoms with Gasteiger partial charge in [0.05, 0.1) is 6.10 Å². The van der Waals surface area contributed by atoms with Crippen LogP contribution in [-0.4, -0.2) is 47.7 Å². The molecule has 5 heteroatoms. The van der Waals surface area contributed by atoms with Gasteiger partial charge in [0.2, 0.25) is 0 Å². The third kappa shape index (κ3) is 4.92. The summed E-state index contributed by atoms with van der Waals surface area (Å²) < 4.78 is 0. The molecule has 4 nitrogen and oxygen atoms in total. The first kappa shape index (κ1) is 17.2. The van der Waals surface area contributed by atoms with Gasteiger partial charge in [-0.2, -0.15) is 11.8 Å². The largest absolute Gasteiger partial charge is 0.393 e. The third-order valence-electron chi connectivity index (χ3n) is 4.27. The van der Waals surface area contributed by atoms with E-state index in [0.717, 1.165) is 37.1 Å². The molecule has 1 aromatic carbocycles. The molecule has 0 spiro atoms. The van der Waals surface area contributed by atoms with Gasteiger partial charge < -0.3 is 15.3 Å². The summed E-state index contributed by atoms with van der Waals surface area (Å²) in [5.41, 5.74) is 2.10. The van der Waals surface area contributed by atoms with Gasteiger partial charge in [-0.1, -0.05) is 18.6 Å². The van der Waals surface area contributed by atoms with Crippen LogP contribution in [0, 0.1) is 5.92 Å². The van der Waals surface area contributed by atoms with Crippen LogP contribution in [0.2, 0.25) is 0 Å². The Bertz CT molecular complexity index is 478. The number of carbonyl (C=O) groups excluding carboxylic acids is 1. The quantitative estimate of drug-likeness (QED) is 0.845. The number of nitrogens with zero attached hydrogens (tertiary/aromatic N) is 1. The summed E-state index contributed by atoms with van der Waals surface area (Å²) in [6.45, 7) is 0.610. The molecule has 0 aromatic heterocycles. The molecule has 0 bridgehead atoms. The summed E-state index contributed by atoms with van der Waals surface area (Å²) in [5, 5.41) is 12.8. The van der Waals surface area contributed by atoms with Crippen LogP contribution in [0.4, 0.5) is 10.5 Å². The molecule has 1 saturated carbocycles. The minimum absolute atomic E-state index is 0.115. The number of nitrogens with one attached hydrogen (secondary N) is 1. The smallest absolute Gasteiger partial charge is 0.321 e. The molecular weight excluding hydrogens is 296 g/mol. The molecule has 2 unspecified atom stereocenters. The Balaban J connectivity index is 1.82. The second-order valence-electron chi connectivity index (χ2n) is 6.01. The number of hydrogen-bond acceptors (Lipinski definition) is 3. The minimum atomic E-state index is -0.258. The Kier molecular flexibility index (Phi) is 6.58. The molecule has 2 rings (SSSR count). The normalized spacial score (nSPS) is 20.9. The predicted molar refractivity (Wildman–Crippen MR) is 93.5 cm³/mol. The summed E-state index contributed by atoms with van der Waals surface area (Å²) in [6.07, 6.45) is 5.81. The van der Waals surface area contributed by atoms with Gasteiger partial charge in [0, 0.05) is 25.2 Å². The highest BCUT2D eigenvalue weighted by Gasteiger charge is 2.27. The molecule has 0 radical (unpaired) electrons. The average molecular weight is 322 g/mol. The van der Waals surface area contributed by atoms with E-state index < -0.39 is 0 Å². The Morgan fingerprint density at radius 2 is 2.09 bits per heavy atom. The van der Waals surface area contributed by atoms with Gasteiger partial charge in [-0.15, -0.1) is 0 Å². The third-order valence-corrected chi connectivity index (χ3v) is 4.89. The molecule has 2 atom stereocenters. The van der Waals surface area contributed by atoms with E-state index in [1.165, 1.54) is 5.56 Å². The van der Waals surface area contributed by atoms with Crippen LogP contribution < -0.4 is 5.32 Å². The number of aliphatic hydroxyl groups excluding tert-OH is 1. The van der Waals surface area contributed by atoms with Crippen LogP contribution in [0.25, 0.3) is 0 Å². The molecule has 1 aromatic rings. The van der Waals surface area contributed by atoms with Crippen LogP contribution in [0.1, 0.15) is 24.8 Å². The maximum absolute atomic E-state index is 12.2. The van der Waals surface area contributed by atoms with E-state index in [1.807, 2.05) is 23.9 Å². The first-order valence-corrected chi connectivity index (χ1v) is 9.27. The molecule has 2 N–H and O–H groups in total. The van der Waals surface area contributed by atoms with Gasteiger partial charge >= 0.3 is 6.03 Å². The van der Waals surface area contributed by atoms with Crippen LogP contribution >= 0.6 is 11.8 Å². The van der Waals surface area contributed by atoms with Crippen LogP contribution in [-0.2, 0) is 6.42 Å². The van der Waals surface area contributed by atoms with E-state index >= 15 is 0 Å². The zero-order valence-electron chi connectivity index (χ0n) is 13.4. The van der Waals surface area contributed by atoms with Crippen molar-refractivity contribution < 1.29 is 9.90 Å². The first-order chi connectivity index (χ1) is 10.6. The van der Waals surface area contributed by atoms with E-state index in [0.29, 0.717) is 6.54 Å². The highest BCUT2D eigenvalue weighted by molar-refractivity contribution is 7.98. The summed E-state index contributed by atoms with van der Waals surface area (Å²) in [6, 6.07) is 7.91. The standard InChI is InChI=1S/C17H26N2O2S/c1-19(12-14-4-3-5-16(14)20)17(21)18-15-8-6-13(7-9-15)10-11-22-2/h6-9,14,16,20H,3-5,10-12H2,1-2H3,(H,18,21). The molecule has 0 aliphatic heterocycles. The Labute approximate surface area is 137 Å². The number of rotatable bonds is 6. The van der Waals surface area contributed by atoms with E-state index in [1.54, 1.807) is 11.9 Å². The number of urea groups is 1. The van der Waals surface area contributed by atoms with Crippen LogP contribution in [0.3, 0.4) is 0 Å². The number of aryl methyl sites for hydroxylation is 1. The van der Waals surface area contributed by atoms with Gasteiger partial charge in [0.25, 0.3) is 0 Å². The zero-order chi connectivity index (χ0) is 15.9. The second kappa shape index (κ2) is 8.44. The number of amides is 2. The van der Waals surface area contributed by atoms with Crippen molar-refractivity contribution in [3.05, 3.63) is 29.8 Å². The lowest BCUT2D eigenvalue weighted by Gasteiger charge is -2.23. The van der Waals surface area contributed by atoms with E-state index in [4.69, 9.17) is 0 Å². The minimum Gasteiger partial charge on any atom is -0.393 e. The number of anilines is 1. The topological polar surface area (TPSA) is 52.6 Å². The Morgan fingerprint density at radius 3 is 2.68 bits per heavy atom. The number of hydrogen-bond donors (Lipinski definition) is 2. The van der Waals surface area contributed by atoms with E-state index in [2.05, 4.69) is 23.7 Å². The highest BCUT2D eigenvalue weighted by atomic mass is 32.2. The molecule has 1 fully saturated rings. The average Bonchev–Trinajstić information content (AvgIpc) is 2.91. The van der Waals surface area contributed by atoms with Crippen molar-refractivity contribution in [1.82, 2.24) is 4.90 Å². The fourth-order valence-electron chi connectivity index (χ4n) is 2.86. The predicted octanol–water partition coefficient (Wildman–Crippen LogP) is 3.22. The molecular formula is C17H26N2O2S. The van der Waals surface area contributed by atoms with Crippen molar-refractivity contribution in [1.29, 1.82) is 0 Å². The Hall–Kier alpha value is -1.20. The van der Waals surface area contributed by atoms with Gasteiger partial charge in [-0.25, -0.2) is 4.79 Å². The molecule has 1 aliphatic rings. The van der Waals surface area contributed by atoms with Crippen molar-refractivity contribution >= 4 is 23.5 Å². The number of carbonyl (C=O) groups is 1. The van der Waals surface area contributed by atoms with Crippen molar-refractivity contribution in [3.8, 4) is 0 Å². The Morgan fingerprint density at radius 1 is 1.36 bits per heavy atom. The van der Waals surface area contributed by atoms with Crippen molar-refractivity contribution in [2.75, 3.05) is 30.9 Å². The maximum Gasteiger partial charge on any atom is 0.321 e. The zero-order valence-corrected chi connectivity index (χ0v) is 14.2. The molecule has 2 amide bonds. The first-order valence-electron chi connectivity index (χ1n) is 7.88. The lowest BCUT2D eigenvalue weighted by Crippen LogP contribution is -2.37. The molecule has 122 valence electrons. The number of aliphatic hydroxyl groups is 1. The van der Waals surface area contributed by atoms with Gasteiger partial charge in [-0.05, 0) is 49.0 Å². The van der Waals surface area contributed by atoms with Gasteiger partial charge in [0.1, 0.15) is 0 Å². The van der Waals surface area contributed by atoms with Crippen LogP contribution in [0.5, 0.6) is 0 Å². The summed E-state index contributed by atoms with van der Waals surface area (Å²) in [7, 11) is 1.78. The molecule has 22 heavy (non-hydrogen) atoms. The monoisotopic (exact) mass is 322 g/mol. The van der Waals surface area contributed by atoms with Crippen molar-refractivity contribution in [3.63, 3.8) is 0 Å². The fraction of sp³-hybridized carbons (Fsp3) is 0.588. The molecule has 0 saturated heterocycles. The SMILES string of the molecule is CSCCc1ccc(NC(=O)N(C)CC2CCCC2O)cc1. The second-order valence-corrected chi connectivity index (χ2v) is 6.99. The van der Waals surface area contributed by atoms with E-state index in [-0.39, 0.29) is 18.1 Å². The van der Waals surface area contributed by atoms with Gasteiger partial charge in [-0.3, -0.25) is 0 Å². The van der Waals surface area contributed by atoms with E-state index in [9.17, 15) is 9.90 Å². The molecule has 0 heterocycles. The summed E-state index contributed by atoms with van der Waals surface area (Å²) in [4.78, 5) is 13.9. The lowest BCUT2D eigenvalue weighted by atomic mass is 10.1. The maximum atomic E-state index is 12.2. The highest BCUT2D eigenvalue weighted by Crippen LogP contribution is 2.26. The number of thioether (sulfide) groups is 1. The summed E-state index contributed by atoms with van der Waals surface area (Å²) >= 11 is 1.83. The van der Waals surface area contributed by atoms with Crippen molar-refractivity contribution in [2.45, 2.75) is 31.8 Å². The molecule has 1 aliphatic carbocycles.